The van der Waals surface area contributed by atoms with Crippen LogP contribution in [0.2, 0.25) is 0 Å². The number of carboxylic acids is 1. The minimum absolute atomic E-state index is 0. The van der Waals surface area contributed by atoms with E-state index in [1.165, 1.54) is 25.7 Å². The zero-order chi connectivity index (χ0) is 18.4. The first-order valence-electron chi connectivity index (χ1n) is 8.58. The molecule has 144 valence electrons. The number of aryl methyl sites for hydroxylation is 4. The fourth-order valence-electron chi connectivity index (χ4n) is 1.95. The quantitative estimate of drug-likeness (QED) is 0.367. The number of aliphatic carboxylic acids is 1. The highest BCUT2D eigenvalue weighted by Gasteiger charge is 1.97. The molecule has 0 fully saturated rings. The molecular formula is C18H33IN4O2. The summed E-state index contributed by atoms with van der Waals surface area (Å²) in [6, 6.07) is 0. The Kier molecular flexibility index (Phi) is 16.7. The third-order valence-electron chi connectivity index (χ3n) is 3.19. The maximum atomic E-state index is 8.89. The van der Waals surface area contributed by atoms with Crippen LogP contribution >= 0.6 is 0 Å². The Bertz CT molecular complexity index is 519. The van der Waals surface area contributed by atoms with Crippen molar-refractivity contribution in [3.63, 3.8) is 0 Å². The van der Waals surface area contributed by atoms with Crippen molar-refractivity contribution in [1.82, 2.24) is 9.13 Å². The maximum absolute atomic E-state index is 8.89. The lowest BCUT2D eigenvalue weighted by molar-refractivity contribution is -0.671. The average molecular weight is 464 g/mol. The molecule has 0 aliphatic carbocycles. The molecule has 0 unspecified atom stereocenters. The van der Waals surface area contributed by atoms with Crippen LogP contribution in [0.4, 0.5) is 0 Å². The highest BCUT2D eigenvalue weighted by Crippen LogP contribution is 1.92. The molecule has 6 nitrogen and oxygen atoms in total. The fourth-order valence-corrected chi connectivity index (χ4v) is 1.95. The number of carbonyl (C=O) groups excluding carboxylic acids is 1. The summed E-state index contributed by atoms with van der Waals surface area (Å²) in [4.78, 5) is 8.89. The number of carbonyl (C=O) groups is 1. The summed E-state index contributed by atoms with van der Waals surface area (Å²) in [6.45, 7) is 7.70. The lowest BCUT2D eigenvalue weighted by Gasteiger charge is -1.90. The second-order valence-corrected chi connectivity index (χ2v) is 5.83. The highest BCUT2D eigenvalue weighted by atomic mass is 127. The van der Waals surface area contributed by atoms with Gasteiger partial charge in [0.1, 0.15) is 24.8 Å². The van der Waals surface area contributed by atoms with E-state index < -0.39 is 5.97 Å². The number of carboxylic acid groups (broad SMARTS) is 1. The summed E-state index contributed by atoms with van der Waals surface area (Å²) in [6.07, 6.45) is 17.6. The van der Waals surface area contributed by atoms with Gasteiger partial charge >= 0.3 is 0 Å². The van der Waals surface area contributed by atoms with Crippen molar-refractivity contribution < 1.29 is 43.0 Å². The van der Waals surface area contributed by atoms with E-state index in [0.29, 0.717) is 0 Å². The highest BCUT2D eigenvalue weighted by molar-refractivity contribution is 5.60. The smallest absolute Gasteiger partial charge is 0.243 e. The van der Waals surface area contributed by atoms with Crippen LogP contribution in [-0.4, -0.2) is 15.1 Å². The van der Waals surface area contributed by atoms with Crippen LogP contribution in [0.1, 0.15) is 46.5 Å². The Morgan fingerprint density at radius 1 is 0.920 bits per heavy atom. The van der Waals surface area contributed by atoms with Crippen LogP contribution in [0.15, 0.2) is 37.4 Å². The molecule has 2 rings (SSSR count). The number of rotatable bonds is 6. The molecular weight excluding hydrogens is 431 g/mol. The lowest BCUT2D eigenvalue weighted by atomic mass is 10.3. The molecule has 0 aromatic carbocycles. The third-order valence-corrected chi connectivity index (χ3v) is 3.19. The normalized spacial score (nSPS) is 9.16. The van der Waals surface area contributed by atoms with Gasteiger partial charge in [-0.2, -0.15) is 0 Å². The second kappa shape index (κ2) is 16.1. The van der Waals surface area contributed by atoms with Gasteiger partial charge < -0.3 is 33.9 Å². The largest absolute Gasteiger partial charge is 1.00 e. The number of nitrogens with zero attached hydrogens (tertiary/aromatic N) is 4. The van der Waals surface area contributed by atoms with Crippen molar-refractivity contribution in [3.8, 4) is 0 Å². The molecule has 2 aromatic rings. The summed E-state index contributed by atoms with van der Waals surface area (Å²) in [5, 5.41) is 8.89. The molecule has 0 spiro atoms. The Balaban J connectivity index is 0. The van der Waals surface area contributed by atoms with Crippen LogP contribution in [0.5, 0.6) is 0 Å². The van der Waals surface area contributed by atoms with Gasteiger partial charge in [-0.15, -0.1) is 0 Å². The van der Waals surface area contributed by atoms with Gasteiger partial charge in [0.25, 0.3) is 0 Å². The molecule has 0 aliphatic heterocycles. The van der Waals surface area contributed by atoms with Crippen molar-refractivity contribution in [2.75, 3.05) is 0 Å². The Labute approximate surface area is 169 Å². The molecule has 0 atom stereocenters. The van der Waals surface area contributed by atoms with Crippen LogP contribution < -0.4 is 38.2 Å². The molecule has 2 aromatic heterocycles. The van der Waals surface area contributed by atoms with Gasteiger partial charge in [0.15, 0.2) is 0 Å². The van der Waals surface area contributed by atoms with E-state index in [0.717, 1.165) is 20.0 Å². The van der Waals surface area contributed by atoms with Gasteiger partial charge in [0.2, 0.25) is 12.7 Å². The van der Waals surface area contributed by atoms with Crippen LogP contribution in [-0.2, 0) is 32.0 Å². The molecule has 7 heteroatoms. The van der Waals surface area contributed by atoms with Gasteiger partial charge in [0, 0.05) is 5.97 Å². The first-order valence-corrected chi connectivity index (χ1v) is 8.58. The lowest BCUT2D eigenvalue weighted by Crippen LogP contribution is -3.00. The molecule has 0 amide bonds. The predicted molar refractivity (Wildman–Crippen MR) is 91.7 cm³/mol. The van der Waals surface area contributed by atoms with Gasteiger partial charge in [-0.3, -0.25) is 0 Å². The molecule has 0 saturated heterocycles. The number of imidazole rings is 2. The first kappa shape index (κ1) is 25.9. The summed E-state index contributed by atoms with van der Waals surface area (Å²) >= 11 is 0. The van der Waals surface area contributed by atoms with Crippen LogP contribution in [0.25, 0.3) is 0 Å². The van der Waals surface area contributed by atoms with Crippen molar-refractivity contribution in [1.29, 1.82) is 0 Å². The monoisotopic (exact) mass is 464 g/mol. The van der Waals surface area contributed by atoms with E-state index in [2.05, 4.69) is 69.6 Å². The fraction of sp³-hybridized carbons (Fsp3) is 0.611. The molecule has 0 radical (unpaired) electrons. The molecule has 25 heavy (non-hydrogen) atoms. The SMILES string of the molecule is CC(=O)[O-].CCCCn1cc[n+](C)c1.CCCCn1cc[n+](C)c1.[I-]. The summed E-state index contributed by atoms with van der Waals surface area (Å²) in [7, 11) is 4.09. The van der Waals surface area contributed by atoms with Gasteiger partial charge in [-0.05, 0) is 19.8 Å². The maximum Gasteiger partial charge on any atom is 0.243 e. The van der Waals surface area contributed by atoms with Gasteiger partial charge in [-0.25, -0.2) is 18.3 Å². The van der Waals surface area contributed by atoms with Crippen molar-refractivity contribution in [2.24, 2.45) is 14.1 Å². The van der Waals surface area contributed by atoms with E-state index >= 15 is 0 Å². The topological polar surface area (TPSA) is 57.8 Å². The minimum atomic E-state index is -1.08. The third kappa shape index (κ3) is 15.9. The Morgan fingerprint density at radius 2 is 1.24 bits per heavy atom. The second-order valence-electron chi connectivity index (χ2n) is 5.83. The Hall–Kier alpha value is -1.38. The van der Waals surface area contributed by atoms with E-state index in [1.54, 1.807) is 0 Å². The molecule has 0 N–H and O–H groups in total. The summed E-state index contributed by atoms with van der Waals surface area (Å²) < 4.78 is 8.55. The predicted octanol–water partition coefficient (Wildman–Crippen LogP) is -2.01. The zero-order valence-electron chi connectivity index (χ0n) is 16.2. The van der Waals surface area contributed by atoms with Crippen LogP contribution in [0, 0.1) is 0 Å². The van der Waals surface area contributed by atoms with Gasteiger partial charge in [-0.1, -0.05) is 26.7 Å². The van der Waals surface area contributed by atoms with Crippen molar-refractivity contribution in [2.45, 2.75) is 59.5 Å². The number of unbranched alkanes of at least 4 members (excludes halogenated alkanes) is 2. The summed E-state index contributed by atoms with van der Waals surface area (Å²) in [5.41, 5.74) is 0. The first-order chi connectivity index (χ1) is 11.4. The zero-order valence-corrected chi connectivity index (χ0v) is 18.3. The number of hydrogen-bond donors (Lipinski definition) is 0. The average Bonchev–Trinajstić information content (AvgIpc) is 3.11. The number of hydrogen-bond acceptors (Lipinski definition) is 2. The standard InChI is InChI=1S/2C8H15N2.C2H4O2.HI/c2*1-3-4-5-10-7-6-9(2)8-10;1-2(3)4;/h2*6-8H,3-5H2,1-2H3;1H3,(H,3,4);1H/q2*+1;;/p-2. The molecule has 0 saturated carbocycles. The van der Waals surface area contributed by atoms with Crippen molar-refractivity contribution >= 4 is 5.97 Å². The number of aromatic nitrogens is 4. The van der Waals surface area contributed by atoms with E-state index in [1.807, 2.05) is 14.1 Å². The van der Waals surface area contributed by atoms with Crippen LogP contribution in [0.3, 0.4) is 0 Å². The molecule has 0 aliphatic rings. The van der Waals surface area contributed by atoms with E-state index in [9.17, 15) is 0 Å². The number of halogens is 1. The van der Waals surface area contributed by atoms with E-state index in [4.69, 9.17) is 9.90 Å². The van der Waals surface area contributed by atoms with E-state index in [-0.39, 0.29) is 24.0 Å². The molecule has 0 bridgehead atoms. The summed E-state index contributed by atoms with van der Waals surface area (Å²) in [5.74, 6) is -1.08. The minimum Gasteiger partial charge on any atom is -1.00 e. The van der Waals surface area contributed by atoms with Crippen molar-refractivity contribution in [3.05, 3.63) is 37.4 Å². The molecule has 2 heterocycles. The van der Waals surface area contributed by atoms with Gasteiger partial charge in [0.05, 0.1) is 27.2 Å². The Morgan fingerprint density at radius 3 is 1.44 bits per heavy atom.